The minimum Gasteiger partial charge on any atom is -0.330 e. The molecule has 0 heterocycles. The van der Waals surface area contributed by atoms with Crippen molar-refractivity contribution < 1.29 is 0 Å². The molecule has 0 spiro atoms. The van der Waals surface area contributed by atoms with Crippen molar-refractivity contribution in [3.05, 3.63) is 0 Å². The van der Waals surface area contributed by atoms with Crippen LogP contribution >= 0.6 is 12.6 Å². The smallest absolute Gasteiger partial charge is 0.00773 e. The van der Waals surface area contributed by atoms with Gasteiger partial charge in [0.1, 0.15) is 0 Å². The van der Waals surface area contributed by atoms with Gasteiger partial charge in [-0.25, -0.2) is 0 Å². The molecule has 1 nitrogen and oxygen atoms in total. The Morgan fingerprint density at radius 1 is 0.800 bits per heavy atom. The molecule has 0 aromatic rings. The molecule has 2 N–H and O–H groups in total. The molecule has 0 amide bonds. The summed E-state index contributed by atoms with van der Waals surface area (Å²) in [5.74, 6) is 1.04. The van der Waals surface area contributed by atoms with Gasteiger partial charge >= 0.3 is 0 Å². The Labute approximate surface area is 69.8 Å². The minimum atomic E-state index is 0.854. The zero-order valence-corrected chi connectivity index (χ0v) is 7.58. The first-order valence-corrected chi connectivity index (χ1v) is 4.86. The van der Waals surface area contributed by atoms with Gasteiger partial charge in [0, 0.05) is 0 Å². The van der Waals surface area contributed by atoms with Crippen LogP contribution in [-0.4, -0.2) is 12.3 Å². The molecule has 0 radical (unpaired) electrons. The number of nitrogens with two attached hydrogens (primary N) is 1. The lowest BCUT2D eigenvalue weighted by atomic mass is 10.1. The highest BCUT2D eigenvalue weighted by molar-refractivity contribution is 7.80. The van der Waals surface area contributed by atoms with Crippen LogP contribution in [0.25, 0.3) is 0 Å². The first-order chi connectivity index (χ1) is 4.91. The third-order valence-corrected chi connectivity index (χ3v) is 1.93. The number of hydrogen-bond donors (Lipinski definition) is 2. The Morgan fingerprint density at radius 3 is 1.80 bits per heavy atom. The molecule has 0 aromatic heterocycles. The van der Waals surface area contributed by atoms with Gasteiger partial charge in [-0.05, 0) is 25.1 Å². The SMILES string of the molecule is NCCCCCCCCS. The van der Waals surface area contributed by atoms with E-state index in [1.54, 1.807) is 0 Å². The molecular weight excluding hydrogens is 142 g/mol. The van der Waals surface area contributed by atoms with E-state index in [2.05, 4.69) is 12.6 Å². The highest BCUT2D eigenvalue weighted by atomic mass is 32.1. The van der Waals surface area contributed by atoms with Gasteiger partial charge in [0.05, 0.1) is 0 Å². The number of hydrogen-bond acceptors (Lipinski definition) is 2. The van der Waals surface area contributed by atoms with E-state index in [-0.39, 0.29) is 0 Å². The molecule has 0 unspecified atom stereocenters. The fourth-order valence-corrected chi connectivity index (χ4v) is 1.19. The summed E-state index contributed by atoms with van der Waals surface area (Å²) in [5, 5.41) is 0. The fourth-order valence-electron chi connectivity index (χ4n) is 0.963. The van der Waals surface area contributed by atoms with E-state index >= 15 is 0 Å². The quantitative estimate of drug-likeness (QED) is 0.434. The van der Waals surface area contributed by atoms with Crippen molar-refractivity contribution in [1.29, 1.82) is 0 Å². The first-order valence-electron chi connectivity index (χ1n) is 4.22. The Balaban J connectivity index is 2.65. The van der Waals surface area contributed by atoms with Gasteiger partial charge in [-0.2, -0.15) is 12.6 Å². The summed E-state index contributed by atoms with van der Waals surface area (Å²) in [5.41, 5.74) is 5.36. The lowest BCUT2D eigenvalue weighted by Crippen LogP contribution is -1.97. The highest BCUT2D eigenvalue weighted by Gasteiger charge is 1.87. The second-order valence-electron chi connectivity index (χ2n) is 2.63. The second kappa shape index (κ2) is 9.31. The summed E-state index contributed by atoms with van der Waals surface area (Å²) < 4.78 is 0. The largest absolute Gasteiger partial charge is 0.330 e. The third-order valence-electron chi connectivity index (χ3n) is 1.61. The topological polar surface area (TPSA) is 26.0 Å². The van der Waals surface area contributed by atoms with Gasteiger partial charge in [0.2, 0.25) is 0 Å². The molecule has 0 atom stereocenters. The highest BCUT2D eigenvalue weighted by Crippen LogP contribution is 2.04. The zero-order valence-electron chi connectivity index (χ0n) is 6.68. The summed E-state index contributed by atoms with van der Waals surface area (Å²) >= 11 is 4.14. The van der Waals surface area contributed by atoms with E-state index in [9.17, 15) is 0 Å². The average Bonchev–Trinajstić information content (AvgIpc) is 1.97. The second-order valence-corrected chi connectivity index (χ2v) is 3.08. The predicted octanol–water partition coefficient (Wildman–Crippen LogP) is 2.22. The third kappa shape index (κ3) is 8.31. The molecule has 62 valence electrons. The van der Waals surface area contributed by atoms with E-state index in [1.807, 2.05) is 0 Å². The van der Waals surface area contributed by atoms with Crippen LogP contribution < -0.4 is 5.73 Å². The zero-order chi connectivity index (χ0) is 7.66. The van der Waals surface area contributed by atoms with Gasteiger partial charge in [-0.15, -0.1) is 0 Å². The molecular formula is C8H19NS. The number of rotatable bonds is 7. The van der Waals surface area contributed by atoms with Crippen molar-refractivity contribution in [3.8, 4) is 0 Å². The van der Waals surface area contributed by atoms with Crippen LogP contribution in [0.4, 0.5) is 0 Å². The molecule has 2 heteroatoms. The summed E-state index contributed by atoms with van der Waals surface area (Å²) in [7, 11) is 0. The molecule has 0 aliphatic carbocycles. The summed E-state index contributed by atoms with van der Waals surface area (Å²) in [6, 6.07) is 0. The molecule has 0 aromatic carbocycles. The van der Waals surface area contributed by atoms with Crippen LogP contribution in [0.2, 0.25) is 0 Å². The molecule has 0 rings (SSSR count). The predicted molar refractivity (Wildman–Crippen MR) is 50.6 cm³/mol. The Morgan fingerprint density at radius 2 is 1.30 bits per heavy atom. The van der Waals surface area contributed by atoms with Crippen LogP contribution in [0.1, 0.15) is 38.5 Å². The summed E-state index contributed by atoms with van der Waals surface area (Å²) in [6.45, 7) is 0.854. The van der Waals surface area contributed by atoms with E-state index in [1.165, 1.54) is 38.5 Å². The lowest BCUT2D eigenvalue weighted by molar-refractivity contribution is 0.614. The molecule has 0 saturated carbocycles. The van der Waals surface area contributed by atoms with Crippen molar-refractivity contribution >= 4 is 12.6 Å². The van der Waals surface area contributed by atoms with Gasteiger partial charge < -0.3 is 5.73 Å². The van der Waals surface area contributed by atoms with Crippen LogP contribution in [0.15, 0.2) is 0 Å². The van der Waals surface area contributed by atoms with Crippen LogP contribution in [0.5, 0.6) is 0 Å². The standard InChI is InChI=1S/C8H19NS/c9-7-5-3-1-2-4-6-8-10/h10H,1-9H2. The lowest BCUT2D eigenvalue weighted by Gasteiger charge is -1.97. The molecule has 0 aliphatic rings. The van der Waals surface area contributed by atoms with Gasteiger partial charge in [-0.3, -0.25) is 0 Å². The molecule has 0 aliphatic heterocycles. The number of unbranched alkanes of at least 4 members (excludes halogenated alkanes) is 5. The van der Waals surface area contributed by atoms with E-state index in [0.29, 0.717) is 0 Å². The average molecular weight is 161 g/mol. The van der Waals surface area contributed by atoms with E-state index in [0.717, 1.165) is 12.3 Å². The molecule has 10 heavy (non-hydrogen) atoms. The molecule has 0 fully saturated rings. The Bertz CT molecular complexity index is 49.2. The van der Waals surface area contributed by atoms with E-state index < -0.39 is 0 Å². The Hall–Kier alpha value is 0.310. The van der Waals surface area contributed by atoms with Crippen molar-refractivity contribution in [2.45, 2.75) is 38.5 Å². The fraction of sp³-hybridized carbons (Fsp3) is 1.00. The Kier molecular flexibility index (Phi) is 9.60. The maximum Gasteiger partial charge on any atom is -0.00773 e. The first kappa shape index (κ1) is 10.3. The normalized spacial score (nSPS) is 10.2. The van der Waals surface area contributed by atoms with Crippen molar-refractivity contribution in [1.82, 2.24) is 0 Å². The van der Waals surface area contributed by atoms with Gasteiger partial charge in [-0.1, -0.05) is 25.7 Å². The van der Waals surface area contributed by atoms with Crippen LogP contribution in [-0.2, 0) is 0 Å². The van der Waals surface area contributed by atoms with Gasteiger partial charge in [0.25, 0.3) is 0 Å². The van der Waals surface area contributed by atoms with Crippen molar-refractivity contribution in [2.75, 3.05) is 12.3 Å². The number of thiol groups is 1. The summed E-state index contributed by atoms with van der Waals surface area (Å²) in [4.78, 5) is 0. The minimum absolute atomic E-state index is 0.854. The van der Waals surface area contributed by atoms with Crippen molar-refractivity contribution in [3.63, 3.8) is 0 Å². The van der Waals surface area contributed by atoms with E-state index in [4.69, 9.17) is 5.73 Å². The molecule has 0 saturated heterocycles. The maximum absolute atomic E-state index is 5.36. The maximum atomic E-state index is 5.36. The van der Waals surface area contributed by atoms with Crippen molar-refractivity contribution in [2.24, 2.45) is 5.73 Å². The van der Waals surface area contributed by atoms with Crippen LogP contribution in [0, 0.1) is 0 Å². The van der Waals surface area contributed by atoms with Crippen LogP contribution in [0.3, 0.4) is 0 Å². The van der Waals surface area contributed by atoms with Gasteiger partial charge in [0.15, 0.2) is 0 Å². The summed E-state index contributed by atoms with van der Waals surface area (Å²) in [6.07, 6.45) is 7.83. The monoisotopic (exact) mass is 161 g/mol. The molecule has 0 bridgehead atoms.